The molecule has 2 aromatic rings. The Kier molecular flexibility index (Phi) is 6.49. The van der Waals surface area contributed by atoms with Crippen molar-refractivity contribution in [1.82, 2.24) is 4.90 Å². The fourth-order valence-electron chi connectivity index (χ4n) is 2.38. The van der Waals surface area contributed by atoms with Crippen molar-refractivity contribution in [3.63, 3.8) is 0 Å². The summed E-state index contributed by atoms with van der Waals surface area (Å²) in [6.45, 7) is 3.08. The first kappa shape index (κ1) is 17.7. The lowest BCUT2D eigenvalue weighted by atomic mass is 10.2. The van der Waals surface area contributed by atoms with E-state index in [1.165, 1.54) is 0 Å². The Morgan fingerprint density at radius 3 is 2.29 bits per heavy atom. The van der Waals surface area contributed by atoms with E-state index in [2.05, 4.69) is 0 Å². The molecule has 0 bridgehead atoms. The first-order valence-corrected chi connectivity index (χ1v) is 7.85. The third kappa shape index (κ3) is 4.41. The van der Waals surface area contributed by atoms with E-state index in [0.717, 1.165) is 5.56 Å². The van der Waals surface area contributed by atoms with Gasteiger partial charge in [0.2, 0.25) is 5.75 Å². The van der Waals surface area contributed by atoms with Crippen molar-refractivity contribution in [2.45, 2.75) is 13.5 Å². The summed E-state index contributed by atoms with van der Waals surface area (Å²) in [5.74, 6) is 1.46. The highest BCUT2D eigenvalue weighted by Crippen LogP contribution is 2.36. The number of amides is 1. The van der Waals surface area contributed by atoms with E-state index < -0.39 is 0 Å². The van der Waals surface area contributed by atoms with Crippen LogP contribution in [-0.2, 0) is 11.3 Å². The molecule has 1 amide bonds. The molecule has 0 saturated heterocycles. The summed E-state index contributed by atoms with van der Waals surface area (Å²) >= 11 is 0. The first-order chi connectivity index (χ1) is 11.7. The van der Waals surface area contributed by atoms with Crippen LogP contribution in [-0.4, -0.2) is 38.2 Å². The summed E-state index contributed by atoms with van der Waals surface area (Å²) in [6.07, 6.45) is 0. The van der Waals surface area contributed by atoms with Crippen molar-refractivity contribution >= 4 is 5.91 Å². The second kappa shape index (κ2) is 8.82. The molecule has 0 radical (unpaired) electrons. The first-order valence-electron chi connectivity index (χ1n) is 7.85. The van der Waals surface area contributed by atoms with Crippen LogP contribution < -0.4 is 14.2 Å². The van der Waals surface area contributed by atoms with E-state index >= 15 is 0 Å². The minimum Gasteiger partial charge on any atom is -0.493 e. The maximum Gasteiger partial charge on any atom is 0.260 e. The molecule has 0 spiro atoms. The fourth-order valence-corrected chi connectivity index (χ4v) is 2.38. The second-order valence-electron chi connectivity index (χ2n) is 5.17. The summed E-state index contributed by atoms with van der Waals surface area (Å²) in [5.41, 5.74) is 1.09. The molecule has 0 saturated carbocycles. The predicted octanol–water partition coefficient (Wildman–Crippen LogP) is 3.13. The Labute approximate surface area is 142 Å². The molecule has 0 heterocycles. The maximum atomic E-state index is 12.4. The largest absolute Gasteiger partial charge is 0.493 e. The van der Waals surface area contributed by atoms with Crippen LogP contribution in [0.2, 0.25) is 0 Å². The molecule has 0 aliphatic carbocycles. The standard InChI is InChI=1S/C19H23NO4/c1-4-20(13-15-9-6-5-7-10-15)18(21)14-24-17-12-8-11-16(22-2)19(17)23-3/h5-12H,4,13-14H2,1-3H3. The highest BCUT2D eigenvalue weighted by Gasteiger charge is 2.16. The molecule has 2 rings (SSSR count). The van der Waals surface area contributed by atoms with Gasteiger partial charge in [0, 0.05) is 13.1 Å². The van der Waals surface area contributed by atoms with Crippen LogP contribution in [0, 0.1) is 0 Å². The van der Waals surface area contributed by atoms with Crippen molar-refractivity contribution in [2.24, 2.45) is 0 Å². The molecule has 0 aliphatic heterocycles. The zero-order valence-electron chi connectivity index (χ0n) is 14.3. The number of ether oxygens (including phenoxy) is 3. The number of hydrogen-bond donors (Lipinski definition) is 0. The van der Waals surface area contributed by atoms with Gasteiger partial charge >= 0.3 is 0 Å². The quantitative estimate of drug-likeness (QED) is 0.746. The smallest absolute Gasteiger partial charge is 0.260 e. The van der Waals surface area contributed by atoms with Gasteiger partial charge < -0.3 is 19.1 Å². The van der Waals surface area contributed by atoms with Crippen LogP contribution in [0.5, 0.6) is 17.2 Å². The lowest BCUT2D eigenvalue weighted by Gasteiger charge is -2.21. The number of nitrogens with zero attached hydrogens (tertiary/aromatic N) is 1. The molecule has 0 N–H and O–H groups in total. The summed E-state index contributed by atoms with van der Waals surface area (Å²) in [4.78, 5) is 14.2. The van der Waals surface area contributed by atoms with Gasteiger partial charge in [-0.05, 0) is 24.6 Å². The topological polar surface area (TPSA) is 48.0 Å². The Morgan fingerprint density at radius 1 is 0.958 bits per heavy atom. The summed E-state index contributed by atoms with van der Waals surface area (Å²) in [5, 5.41) is 0. The van der Waals surface area contributed by atoms with Crippen LogP contribution in [0.3, 0.4) is 0 Å². The lowest BCUT2D eigenvalue weighted by molar-refractivity contribution is -0.133. The van der Waals surface area contributed by atoms with Gasteiger partial charge in [-0.25, -0.2) is 0 Å². The summed E-state index contributed by atoms with van der Waals surface area (Å²) in [7, 11) is 3.10. The minimum atomic E-state index is -0.0776. The van der Waals surface area contributed by atoms with Crippen molar-refractivity contribution < 1.29 is 19.0 Å². The third-order valence-electron chi connectivity index (χ3n) is 3.67. The van der Waals surface area contributed by atoms with E-state index in [0.29, 0.717) is 30.3 Å². The molecule has 0 aromatic heterocycles. The van der Waals surface area contributed by atoms with E-state index in [4.69, 9.17) is 14.2 Å². The van der Waals surface area contributed by atoms with Gasteiger partial charge in [0.05, 0.1) is 14.2 Å². The Hall–Kier alpha value is -2.69. The van der Waals surface area contributed by atoms with Crippen LogP contribution in [0.1, 0.15) is 12.5 Å². The van der Waals surface area contributed by atoms with Crippen LogP contribution in [0.25, 0.3) is 0 Å². The number of hydrogen-bond acceptors (Lipinski definition) is 4. The van der Waals surface area contributed by atoms with Crippen LogP contribution in [0.15, 0.2) is 48.5 Å². The van der Waals surface area contributed by atoms with Crippen molar-refractivity contribution in [2.75, 3.05) is 27.4 Å². The molecule has 0 unspecified atom stereocenters. The summed E-state index contributed by atoms with van der Waals surface area (Å²) < 4.78 is 16.2. The molecule has 0 fully saturated rings. The normalized spacial score (nSPS) is 10.1. The predicted molar refractivity (Wildman–Crippen MR) is 92.6 cm³/mol. The second-order valence-corrected chi connectivity index (χ2v) is 5.17. The van der Waals surface area contributed by atoms with Crippen molar-refractivity contribution in [3.05, 3.63) is 54.1 Å². The maximum absolute atomic E-state index is 12.4. The van der Waals surface area contributed by atoms with Gasteiger partial charge in [0.15, 0.2) is 18.1 Å². The van der Waals surface area contributed by atoms with Gasteiger partial charge in [-0.2, -0.15) is 0 Å². The monoisotopic (exact) mass is 329 g/mol. The molecule has 0 atom stereocenters. The van der Waals surface area contributed by atoms with Crippen LogP contribution >= 0.6 is 0 Å². The average Bonchev–Trinajstić information content (AvgIpc) is 2.64. The van der Waals surface area contributed by atoms with E-state index in [9.17, 15) is 4.79 Å². The zero-order valence-corrected chi connectivity index (χ0v) is 14.3. The highest BCUT2D eigenvalue weighted by atomic mass is 16.5. The van der Waals surface area contributed by atoms with Crippen molar-refractivity contribution in [1.29, 1.82) is 0 Å². The van der Waals surface area contributed by atoms with Gasteiger partial charge in [0.25, 0.3) is 5.91 Å². The number of carbonyl (C=O) groups is 1. The lowest BCUT2D eigenvalue weighted by Crippen LogP contribution is -2.34. The van der Waals surface area contributed by atoms with Gasteiger partial charge in [-0.15, -0.1) is 0 Å². The molecule has 24 heavy (non-hydrogen) atoms. The molecule has 2 aromatic carbocycles. The van der Waals surface area contributed by atoms with Gasteiger partial charge in [-0.1, -0.05) is 36.4 Å². The van der Waals surface area contributed by atoms with Gasteiger partial charge in [0.1, 0.15) is 0 Å². The third-order valence-corrected chi connectivity index (χ3v) is 3.67. The Bertz CT molecular complexity index is 658. The number of para-hydroxylation sites is 1. The van der Waals surface area contributed by atoms with E-state index in [1.807, 2.05) is 37.3 Å². The number of methoxy groups -OCH3 is 2. The van der Waals surface area contributed by atoms with Gasteiger partial charge in [-0.3, -0.25) is 4.79 Å². The number of benzene rings is 2. The number of carbonyl (C=O) groups excluding carboxylic acids is 1. The molecule has 128 valence electrons. The minimum absolute atomic E-state index is 0.0514. The van der Waals surface area contributed by atoms with E-state index in [1.54, 1.807) is 37.3 Å². The molecule has 5 nitrogen and oxygen atoms in total. The SMILES string of the molecule is CCN(Cc1ccccc1)C(=O)COc1cccc(OC)c1OC. The van der Waals surface area contributed by atoms with E-state index in [-0.39, 0.29) is 12.5 Å². The zero-order chi connectivity index (χ0) is 17.4. The Morgan fingerprint density at radius 2 is 1.67 bits per heavy atom. The van der Waals surface area contributed by atoms with Crippen LogP contribution in [0.4, 0.5) is 0 Å². The molecular formula is C19H23NO4. The molecular weight excluding hydrogens is 306 g/mol. The highest BCUT2D eigenvalue weighted by molar-refractivity contribution is 5.78. The molecule has 0 aliphatic rings. The number of likely N-dealkylation sites (N-methyl/N-ethyl adjacent to an activating group) is 1. The average molecular weight is 329 g/mol. The number of rotatable bonds is 8. The molecule has 5 heteroatoms. The fraction of sp³-hybridized carbons (Fsp3) is 0.316. The summed E-state index contributed by atoms with van der Waals surface area (Å²) in [6, 6.07) is 15.2. The van der Waals surface area contributed by atoms with Crippen molar-refractivity contribution in [3.8, 4) is 17.2 Å². The Balaban J connectivity index is 2.01.